The first-order chi connectivity index (χ1) is 2.91. The van der Waals surface area contributed by atoms with Gasteiger partial charge in [0.2, 0.25) is 0 Å². The average molecular weight is 122 g/mol. The molecule has 0 atom stereocenters. The number of rotatable bonds is 1. The molecule has 0 amide bonds. The quantitative estimate of drug-likeness (QED) is 0.365. The molecule has 0 aromatic heterocycles. The molecule has 0 aromatic rings. The summed E-state index contributed by atoms with van der Waals surface area (Å²) in [6, 6.07) is 0. The van der Waals surface area contributed by atoms with Crippen LogP contribution in [-0.4, -0.2) is 51.4 Å². The van der Waals surface area contributed by atoms with Gasteiger partial charge < -0.3 is 0 Å². The summed E-state index contributed by atoms with van der Waals surface area (Å²) in [5, 5.41) is 0. The van der Waals surface area contributed by atoms with E-state index < -0.39 is 0 Å². The van der Waals surface area contributed by atoms with E-state index in [0.717, 1.165) is 0 Å². The number of hydrogen-bond donors (Lipinski definition) is 0. The zero-order valence-corrected chi connectivity index (χ0v) is 4.31. The molecular formula is C6H11K. The molecule has 0 rings (SSSR count). The summed E-state index contributed by atoms with van der Waals surface area (Å²) in [4.78, 5) is 0. The molecule has 0 unspecified atom stereocenters. The SMILES string of the molecule is CC=CC=CC.[KH]. The Hall–Kier alpha value is 1.12. The second-order valence-electron chi connectivity index (χ2n) is 1.05. The fraction of sp³-hybridized carbons (Fsp3) is 0.333. The van der Waals surface area contributed by atoms with Crippen LogP contribution in [0.1, 0.15) is 13.8 Å². The molecule has 0 spiro atoms. The van der Waals surface area contributed by atoms with E-state index in [0.29, 0.717) is 0 Å². The van der Waals surface area contributed by atoms with E-state index in [1.54, 1.807) is 0 Å². The van der Waals surface area contributed by atoms with Crippen molar-refractivity contribution in [2.45, 2.75) is 13.8 Å². The van der Waals surface area contributed by atoms with Crippen molar-refractivity contribution >= 4 is 51.4 Å². The van der Waals surface area contributed by atoms with Crippen LogP contribution in [0.3, 0.4) is 0 Å². The van der Waals surface area contributed by atoms with Crippen molar-refractivity contribution in [1.29, 1.82) is 0 Å². The van der Waals surface area contributed by atoms with Crippen molar-refractivity contribution < 1.29 is 0 Å². The van der Waals surface area contributed by atoms with Crippen LogP contribution in [-0.2, 0) is 0 Å². The Morgan fingerprint density at radius 3 is 1.29 bits per heavy atom. The van der Waals surface area contributed by atoms with Gasteiger partial charge in [0.15, 0.2) is 0 Å². The van der Waals surface area contributed by atoms with Crippen molar-refractivity contribution in [3.05, 3.63) is 24.3 Å². The Balaban J connectivity index is 0. The number of allylic oxidation sites excluding steroid dienone is 4. The molecule has 0 radical (unpaired) electrons. The summed E-state index contributed by atoms with van der Waals surface area (Å²) in [5.74, 6) is 0. The molecule has 0 aromatic carbocycles. The van der Waals surface area contributed by atoms with E-state index in [2.05, 4.69) is 0 Å². The van der Waals surface area contributed by atoms with Crippen LogP contribution >= 0.6 is 0 Å². The van der Waals surface area contributed by atoms with Crippen LogP contribution in [0.15, 0.2) is 24.3 Å². The molecule has 0 aliphatic carbocycles. The Kier molecular flexibility index (Phi) is 16.0. The summed E-state index contributed by atoms with van der Waals surface area (Å²) < 4.78 is 0. The van der Waals surface area contributed by atoms with Crippen LogP contribution < -0.4 is 0 Å². The maximum atomic E-state index is 2.00. The zero-order valence-electron chi connectivity index (χ0n) is 4.31. The van der Waals surface area contributed by atoms with Gasteiger partial charge in [0.05, 0.1) is 0 Å². The molecule has 7 heavy (non-hydrogen) atoms. The predicted octanol–water partition coefficient (Wildman–Crippen LogP) is 1.49. The van der Waals surface area contributed by atoms with Crippen LogP contribution in [0.25, 0.3) is 0 Å². The third-order valence-corrected chi connectivity index (χ3v) is 0.496. The van der Waals surface area contributed by atoms with E-state index >= 15 is 0 Å². The van der Waals surface area contributed by atoms with Gasteiger partial charge in [-0.15, -0.1) is 0 Å². The molecule has 1 heteroatoms. The van der Waals surface area contributed by atoms with Gasteiger partial charge in [-0.3, -0.25) is 0 Å². The minimum absolute atomic E-state index is 0. The Bertz CT molecular complexity index is 52.6. The summed E-state index contributed by atoms with van der Waals surface area (Å²) in [6.45, 7) is 4.00. The summed E-state index contributed by atoms with van der Waals surface area (Å²) in [7, 11) is 0. The third kappa shape index (κ3) is 11.0. The molecule has 36 valence electrons. The van der Waals surface area contributed by atoms with Crippen molar-refractivity contribution in [2.24, 2.45) is 0 Å². The molecule has 0 bridgehead atoms. The van der Waals surface area contributed by atoms with Gasteiger partial charge in [-0.2, -0.15) is 0 Å². The first-order valence-corrected chi connectivity index (χ1v) is 2.15. The van der Waals surface area contributed by atoms with Crippen molar-refractivity contribution in [3.8, 4) is 0 Å². The van der Waals surface area contributed by atoms with E-state index in [1.165, 1.54) is 0 Å². The molecule has 0 fully saturated rings. The summed E-state index contributed by atoms with van der Waals surface area (Å²) in [6.07, 6.45) is 8.00. The molecule has 0 saturated carbocycles. The Morgan fingerprint density at radius 1 is 0.857 bits per heavy atom. The molecule has 0 aliphatic rings. The van der Waals surface area contributed by atoms with Gasteiger partial charge in [0.1, 0.15) is 0 Å². The fourth-order valence-corrected chi connectivity index (χ4v) is 0.222. The first-order valence-electron chi connectivity index (χ1n) is 2.15. The second-order valence-corrected chi connectivity index (χ2v) is 1.05. The van der Waals surface area contributed by atoms with Gasteiger partial charge in [0.25, 0.3) is 0 Å². The molecule has 0 N–H and O–H groups in total. The van der Waals surface area contributed by atoms with Crippen molar-refractivity contribution in [1.82, 2.24) is 0 Å². The van der Waals surface area contributed by atoms with Crippen LogP contribution in [0, 0.1) is 0 Å². The standard InChI is InChI=1S/C6H10.K.H/c1-3-5-6-4-2;;/h3-6H,1-2H3;;. The molecule has 0 heterocycles. The van der Waals surface area contributed by atoms with Gasteiger partial charge in [-0.25, -0.2) is 0 Å². The molecule has 0 nitrogen and oxygen atoms in total. The average Bonchev–Trinajstić information content (AvgIpc) is 1.61. The van der Waals surface area contributed by atoms with Crippen LogP contribution in [0.5, 0.6) is 0 Å². The van der Waals surface area contributed by atoms with Gasteiger partial charge in [-0.1, -0.05) is 24.3 Å². The van der Waals surface area contributed by atoms with Gasteiger partial charge >= 0.3 is 51.4 Å². The summed E-state index contributed by atoms with van der Waals surface area (Å²) in [5.41, 5.74) is 0. The van der Waals surface area contributed by atoms with Crippen LogP contribution in [0.4, 0.5) is 0 Å². The van der Waals surface area contributed by atoms with Crippen molar-refractivity contribution in [2.75, 3.05) is 0 Å². The van der Waals surface area contributed by atoms with E-state index in [4.69, 9.17) is 0 Å². The van der Waals surface area contributed by atoms with Gasteiger partial charge in [-0.05, 0) is 13.8 Å². The van der Waals surface area contributed by atoms with E-state index in [-0.39, 0.29) is 51.4 Å². The van der Waals surface area contributed by atoms with Crippen LogP contribution in [0.2, 0.25) is 0 Å². The van der Waals surface area contributed by atoms with Gasteiger partial charge in [0, 0.05) is 0 Å². The minimum atomic E-state index is 0. The molecular weight excluding hydrogens is 111 g/mol. The normalized spacial score (nSPS) is 10.0. The fourth-order valence-electron chi connectivity index (χ4n) is 0.222. The van der Waals surface area contributed by atoms with E-state index in [9.17, 15) is 0 Å². The predicted molar refractivity (Wildman–Crippen MR) is 36.8 cm³/mol. The topological polar surface area (TPSA) is 0 Å². The monoisotopic (exact) mass is 122 g/mol. The van der Waals surface area contributed by atoms with Crippen molar-refractivity contribution in [3.63, 3.8) is 0 Å². The van der Waals surface area contributed by atoms with E-state index in [1.807, 2.05) is 38.2 Å². The second kappa shape index (κ2) is 10.2. The Morgan fingerprint density at radius 2 is 1.14 bits per heavy atom. The molecule has 0 saturated heterocycles. The molecule has 0 aliphatic heterocycles. The first kappa shape index (κ1) is 11.0. The Labute approximate surface area is 88.1 Å². The maximum absolute atomic E-state index is 2.00. The summed E-state index contributed by atoms with van der Waals surface area (Å²) >= 11 is 0. The number of hydrogen-bond acceptors (Lipinski definition) is 0. The zero-order chi connectivity index (χ0) is 4.83. The third-order valence-electron chi connectivity index (χ3n) is 0.496.